The summed E-state index contributed by atoms with van der Waals surface area (Å²) in [5, 5.41) is 2.73. The van der Waals surface area contributed by atoms with Crippen LogP contribution >= 0.6 is 0 Å². The second kappa shape index (κ2) is 7.95. The number of nitrogens with zero attached hydrogens (tertiary/aromatic N) is 3. The zero-order valence-corrected chi connectivity index (χ0v) is 16.6. The summed E-state index contributed by atoms with van der Waals surface area (Å²) in [6.07, 6.45) is 1.36. The second-order valence-corrected chi connectivity index (χ2v) is 9.09. The molecule has 1 aliphatic rings. The monoisotopic (exact) mass is 394 g/mol. The highest BCUT2D eigenvalue weighted by molar-refractivity contribution is 7.89. The second-order valence-electron chi connectivity index (χ2n) is 7.00. The van der Waals surface area contributed by atoms with E-state index in [2.05, 4.69) is 10.3 Å². The van der Waals surface area contributed by atoms with Gasteiger partial charge in [0.25, 0.3) is 0 Å². The van der Waals surface area contributed by atoms with Crippen LogP contribution in [0.5, 0.6) is 0 Å². The number of carbonyl (C=O) groups excluding carboxylic acids is 1. The molecule has 0 aliphatic carbocycles. The smallest absolute Gasteiger partial charge is 0.242 e. The lowest BCUT2D eigenvalue weighted by Gasteiger charge is -2.34. The fourth-order valence-electron chi connectivity index (χ4n) is 3.35. The summed E-state index contributed by atoms with van der Waals surface area (Å²) in [6.45, 7) is 6.24. The van der Waals surface area contributed by atoms with Crippen molar-refractivity contribution in [2.45, 2.75) is 39.0 Å². The van der Waals surface area contributed by atoms with E-state index in [0.717, 1.165) is 11.0 Å². The van der Waals surface area contributed by atoms with Crippen molar-refractivity contribution in [3.05, 3.63) is 30.6 Å². The number of hydrogen-bond acceptors (Lipinski definition) is 5. The predicted molar refractivity (Wildman–Crippen MR) is 103 cm³/mol. The maximum atomic E-state index is 12.5. The maximum Gasteiger partial charge on any atom is 0.242 e. The lowest BCUT2D eigenvalue weighted by Crippen LogP contribution is -2.49. The summed E-state index contributed by atoms with van der Waals surface area (Å²) in [5.74, 6) is -0.368. The molecule has 1 N–H and O–H groups in total. The number of sulfonamides is 1. The number of para-hydroxylation sites is 2. The molecule has 2 aromatic rings. The van der Waals surface area contributed by atoms with E-state index in [9.17, 15) is 13.2 Å². The average Bonchev–Trinajstić information content (AvgIpc) is 3.04. The largest absolute Gasteiger partial charge is 0.373 e. The minimum absolute atomic E-state index is 0.0677. The lowest BCUT2D eigenvalue weighted by molar-refractivity contribution is -0.123. The highest BCUT2D eigenvalue weighted by Crippen LogP contribution is 2.17. The third-order valence-electron chi connectivity index (χ3n) is 4.72. The van der Waals surface area contributed by atoms with E-state index in [-0.39, 0.29) is 30.4 Å². The van der Waals surface area contributed by atoms with Crippen LogP contribution in [-0.4, -0.2) is 65.8 Å². The fourth-order valence-corrected chi connectivity index (χ4v) is 4.84. The van der Waals surface area contributed by atoms with Crippen LogP contribution in [0, 0.1) is 0 Å². The van der Waals surface area contributed by atoms with E-state index in [0.29, 0.717) is 13.1 Å². The van der Waals surface area contributed by atoms with E-state index in [1.165, 1.54) is 4.31 Å². The number of carbonyl (C=O) groups is 1. The molecule has 1 aliphatic heterocycles. The normalized spacial score (nSPS) is 22.6. The molecule has 0 spiro atoms. The summed E-state index contributed by atoms with van der Waals surface area (Å²) < 4.78 is 33.9. The van der Waals surface area contributed by atoms with Gasteiger partial charge in [0.1, 0.15) is 6.04 Å². The average molecular weight is 394 g/mol. The Morgan fingerprint density at radius 1 is 1.30 bits per heavy atom. The number of amides is 1. The highest BCUT2D eigenvalue weighted by Gasteiger charge is 2.30. The van der Waals surface area contributed by atoms with Crippen LogP contribution in [0.25, 0.3) is 11.0 Å². The maximum absolute atomic E-state index is 12.5. The van der Waals surface area contributed by atoms with E-state index in [1.54, 1.807) is 17.8 Å². The molecule has 8 nitrogen and oxygen atoms in total. The van der Waals surface area contributed by atoms with Gasteiger partial charge in [-0.25, -0.2) is 13.4 Å². The van der Waals surface area contributed by atoms with Crippen LogP contribution in [-0.2, 0) is 19.6 Å². The van der Waals surface area contributed by atoms with E-state index < -0.39 is 16.1 Å². The number of imidazole rings is 1. The van der Waals surface area contributed by atoms with E-state index >= 15 is 0 Å². The van der Waals surface area contributed by atoms with Gasteiger partial charge in [-0.2, -0.15) is 4.31 Å². The molecular weight excluding hydrogens is 368 g/mol. The van der Waals surface area contributed by atoms with Gasteiger partial charge in [0.15, 0.2) is 0 Å². The predicted octanol–water partition coefficient (Wildman–Crippen LogP) is 1.15. The quantitative estimate of drug-likeness (QED) is 0.793. The van der Waals surface area contributed by atoms with Gasteiger partial charge in [0.2, 0.25) is 15.9 Å². The summed E-state index contributed by atoms with van der Waals surface area (Å²) in [5.41, 5.74) is 1.68. The van der Waals surface area contributed by atoms with Crippen molar-refractivity contribution in [3.8, 4) is 0 Å². The van der Waals surface area contributed by atoms with Gasteiger partial charge in [-0.3, -0.25) is 4.79 Å². The molecule has 3 unspecified atom stereocenters. The van der Waals surface area contributed by atoms with Crippen molar-refractivity contribution in [1.29, 1.82) is 0 Å². The first kappa shape index (κ1) is 19.8. The molecule has 2 heterocycles. The lowest BCUT2D eigenvalue weighted by atomic mass is 10.2. The first-order valence-corrected chi connectivity index (χ1v) is 10.7. The van der Waals surface area contributed by atoms with Gasteiger partial charge < -0.3 is 14.6 Å². The molecule has 1 saturated heterocycles. The van der Waals surface area contributed by atoms with Gasteiger partial charge in [-0.05, 0) is 32.9 Å². The van der Waals surface area contributed by atoms with Gasteiger partial charge in [-0.15, -0.1) is 0 Å². The van der Waals surface area contributed by atoms with Gasteiger partial charge >= 0.3 is 0 Å². The van der Waals surface area contributed by atoms with Crippen molar-refractivity contribution in [1.82, 2.24) is 19.2 Å². The third kappa shape index (κ3) is 4.48. The molecule has 0 saturated carbocycles. The Labute approximate surface area is 159 Å². The summed E-state index contributed by atoms with van der Waals surface area (Å²) >= 11 is 0. The Morgan fingerprint density at radius 3 is 2.67 bits per heavy atom. The Bertz CT molecular complexity index is 901. The molecule has 9 heteroatoms. The summed E-state index contributed by atoms with van der Waals surface area (Å²) in [4.78, 5) is 16.7. The first-order valence-electron chi connectivity index (χ1n) is 9.10. The molecule has 1 aromatic heterocycles. The topological polar surface area (TPSA) is 93.5 Å². The van der Waals surface area contributed by atoms with Crippen LogP contribution < -0.4 is 5.32 Å². The Kier molecular flexibility index (Phi) is 5.83. The molecule has 148 valence electrons. The Hall–Kier alpha value is -1.97. The Morgan fingerprint density at radius 2 is 1.96 bits per heavy atom. The number of aromatic nitrogens is 2. The number of hydrogen-bond donors (Lipinski definition) is 1. The number of benzene rings is 1. The molecular formula is C18H26N4O4S. The molecule has 3 atom stereocenters. The SMILES string of the molecule is CC1CN(S(=O)(=O)CCNC(=O)C(C)n2cnc3ccccc32)CC(C)O1. The van der Waals surface area contributed by atoms with Gasteiger partial charge in [0, 0.05) is 19.6 Å². The van der Waals surface area contributed by atoms with Crippen molar-refractivity contribution in [3.63, 3.8) is 0 Å². The number of fused-ring (bicyclic) bond motifs is 1. The molecule has 1 fully saturated rings. The van der Waals surface area contributed by atoms with Crippen LogP contribution in [0.1, 0.15) is 26.8 Å². The molecule has 1 amide bonds. The standard InChI is InChI=1S/C18H26N4O4S/c1-13-10-21(11-14(2)26-13)27(24,25)9-8-19-18(23)15(3)22-12-20-16-6-4-5-7-17(16)22/h4-7,12-15H,8-11H2,1-3H3,(H,19,23). The summed E-state index contributed by atoms with van der Waals surface area (Å²) in [6, 6.07) is 7.08. The number of rotatable bonds is 6. The van der Waals surface area contributed by atoms with E-state index in [1.807, 2.05) is 38.1 Å². The molecule has 3 rings (SSSR count). The third-order valence-corrected chi connectivity index (χ3v) is 6.52. The van der Waals surface area contributed by atoms with Gasteiger partial charge in [0.05, 0.1) is 35.3 Å². The van der Waals surface area contributed by atoms with Crippen molar-refractivity contribution in [2.75, 3.05) is 25.4 Å². The zero-order valence-electron chi connectivity index (χ0n) is 15.8. The van der Waals surface area contributed by atoms with Crippen molar-refractivity contribution >= 4 is 27.0 Å². The fraction of sp³-hybridized carbons (Fsp3) is 0.556. The zero-order chi connectivity index (χ0) is 19.6. The minimum atomic E-state index is -3.44. The molecule has 0 bridgehead atoms. The van der Waals surface area contributed by atoms with Crippen LogP contribution in [0.2, 0.25) is 0 Å². The van der Waals surface area contributed by atoms with Gasteiger partial charge in [-0.1, -0.05) is 12.1 Å². The molecule has 1 aromatic carbocycles. The summed E-state index contributed by atoms with van der Waals surface area (Å²) in [7, 11) is -3.44. The van der Waals surface area contributed by atoms with E-state index in [4.69, 9.17) is 4.74 Å². The number of morpholine rings is 1. The van der Waals surface area contributed by atoms with Crippen LogP contribution in [0.3, 0.4) is 0 Å². The van der Waals surface area contributed by atoms with Crippen molar-refractivity contribution in [2.24, 2.45) is 0 Å². The van der Waals surface area contributed by atoms with Crippen molar-refractivity contribution < 1.29 is 17.9 Å². The highest BCUT2D eigenvalue weighted by atomic mass is 32.2. The number of ether oxygens (including phenoxy) is 1. The Balaban J connectivity index is 1.57. The number of nitrogens with one attached hydrogen (secondary N) is 1. The molecule has 27 heavy (non-hydrogen) atoms. The molecule has 0 radical (unpaired) electrons. The van der Waals surface area contributed by atoms with Crippen LogP contribution in [0.15, 0.2) is 30.6 Å². The minimum Gasteiger partial charge on any atom is -0.373 e. The van der Waals surface area contributed by atoms with Crippen LogP contribution in [0.4, 0.5) is 0 Å². The first-order chi connectivity index (χ1) is 12.8.